The Bertz CT molecular complexity index is 875. The number of rotatable bonds is 3. The van der Waals surface area contributed by atoms with Gasteiger partial charge in [0.2, 0.25) is 10.0 Å². The molecule has 0 atom stereocenters. The first-order valence-electron chi connectivity index (χ1n) is 7.95. The number of H-pyrrole nitrogens is 1. The Hall–Kier alpha value is -1.78. The molecule has 7 heteroatoms. The lowest BCUT2D eigenvalue weighted by molar-refractivity contribution is 0.321. The molecule has 5 nitrogen and oxygen atoms in total. The molecular formula is C16H20BN3O2S. The zero-order valence-electron chi connectivity index (χ0n) is 13.5. The molecule has 1 fully saturated rings. The Labute approximate surface area is 137 Å². The summed E-state index contributed by atoms with van der Waals surface area (Å²) in [5, 5.41) is 10.4. The minimum Gasteiger partial charge on any atom is -0.360 e. The van der Waals surface area contributed by atoms with Gasteiger partial charge < -0.3 is 4.98 Å². The summed E-state index contributed by atoms with van der Waals surface area (Å²) in [5.74, 6) is 0.496. The van der Waals surface area contributed by atoms with E-state index in [9.17, 15) is 13.7 Å². The summed E-state index contributed by atoms with van der Waals surface area (Å²) in [6.07, 6.45) is 3.63. The van der Waals surface area contributed by atoms with Crippen LogP contribution in [-0.2, 0) is 10.0 Å². The molecule has 3 rings (SSSR count). The summed E-state index contributed by atoms with van der Waals surface area (Å²) >= 11 is 0. The predicted octanol–water partition coefficient (Wildman–Crippen LogP) is 0.827. The van der Waals surface area contributed by atoms with Crippen molar-refractivity contribution in [1.29, 1.82) is 5.26 Å². The summed E-state index contributed by atoms with van der Waals surface area (Å²) in [4.78, 5) is 3.23. The van der Waals surface area contributed by atoms with Crippen molar-refractivity contribution in [2.75, 3.05) is 18.8 Å². The Kier molecular flexibility index (Phi) is 4.22. The van der Waals surface area contributed by atoms with E-state index >= 15 is 0 Å². The van der Waals surface area contributed by atoms with E-state index < -0.39 is 10.0 Å². The number of benzene rings is 1. The van der Waals surface area contributed by atoms with E-state index in [-0.39, 0.29) is 5.75 Å². The van der Waals surface area contributed by atoms with Gasteiger partial charge in [0.05, 0.1) is 16.8 Å². The van der Waals surface area contributed by atoms with Crippen LogP contribution in [0.15, 0.2) is 18.3 Å². The molecule has 2 heterocycles. The van der Waals surface area contributed by atoms with E-state index in [1.165, 1.54) is 5.56 Å². The molecule has 0 aliphatic carbocycles. The van der Waals surface area contributed by atoms with Gasteiger partial charge >= 0.3 is 0 Å². The monoisotopic (exact) mass is 329 g/mol. The van der Waals surface area contributed by atoms with Crippen LogP contribution in [0.1, 0.15) is 36.8 Å². The Balaban J connectivity index is 1.89. The van der Waals surface area contributed by atoms with Crippen LogP contribution in [-0.4, -0.2) is 44.4 Å². The van der Waals surface area contributed by atoms with E-state index in [2.05, 4.69) is 17.1 Å². The van der Waals surface area contributed by atoms with Crippen LogP contribution in [0.3, 0.4) is 0 Å². The smallest absolute Gasteiger partial charge is 0.213 e. The number of piperidine rings is 1. The molecule has 1 aliphatic rings. The van der Waals surface area contributed by atoms with Crippen molar-refractivity contribution in [2.24, 2.45) is 0 Å². The molecule has 120 valence electrons. The van der Waals surface area contributed by atoms with E-state index in [1.807, 2.05) is 20.1 Å². The number of fused-ring (bicyclic) bond motifs is 1. The number of nitrogens with one attached hydrogen (secondary N) is 1. The number of aromatic amines is 1. The highest BCUT2D eigenvalue weighted by Gasteiger charge is 2.28. The van der Waals surface area contributed by atoms with Gasteiger partial charge in [-0.1, -0.05) is 11.5 Å². The van der Waals surface area contributed by atoms with Crippen LogP contribution < -0.4 is 5.46 Å². The summed E-state index contributed by atoms with van der Waals surface area (Å²) in [6.45, 7) is 2.84. The molecule has 0 amide bonds. The number of nitriles is 1. The largest absolute Gasteiger partial charge is 0.360 e. The van der Waals surface area contributed by atoms with Crippen LogP contribution >= 0.6 is 0 Å². The molecule has 23 heavy (non-hydrogen) atoms. The van der Waals surface area contributed by atoms with Gasteiger partial charge in [-0.25, -0.2) is 12.7 Å². The molecule has 1 aliphatic heterocycles. The molecule has 0 saturated carbocycles. The lowest BCUT2D eigenvalue weighted by Gasteiger charge is -2.30. The first-order valence-corrected chi connectivity index (χ1v) is 9.56. The predicted molar refractivity (Wildman–Crippen MR) is 94.2 cm³/mol. The summed E-state index contributed by atoms with van der Waals surface area (Å²) in [7, 11) is -1.10. The first-order chi connectivity index (χ1) is 11.0. The van der Waals surface area contributed by atoms with Gasteiger partial charge in [-0.2, -0.15) is 5.26 Å². The highest BCUT2D eigenvalue weighted by molar-refractivity contribution is 7.89. The van der Waals surface area contributed by atoms with Crippen LogP contribution in [0.4, 0.5) is 0 Å². The number of sulfonamides is 1. The molecule has 1 saturated heterocycles. The van der Waals surface area contributed by atoms with Crippen molar-refractivity contribution in [3.8, 4) is 6.07 Å². The number of hydrogen-bond acceptors (Lipinski definition) is 3. The van der Waals surface area contributed by atoms with Crippen LogP contribution in [0.5, 0.6) is 0 Å². The Morgan fingerprint density at radius 1 is 1.39 bits per heavy atom. The quantitative estimate of drug-likeness (QED) is 0.847. The SMILES string of the molecule is Bc1cc(C#N)c2[nH]cc(C3CCN(S(=O)(=O)CC)CC3)c2c1. The third-order valence-corrected chi connectivity index (χ3v) is 6.62. The minimum absolute atomic E-state index is 0.162. The van der Waals surface area contributed by atoms with E-state index in [0.717, 1.165) is 29.2 Å². The molecule has 0 bridgehead atoms. The van der Waals surface area contributed by atoms with E-state index in [0.29, 0.717) is 24.6 Å². The van der Waals surface area contributed by atoms with Gasteiger partial charge in [0, 0.05) is 24.7 Å². The summed E-state index contributed by atoms with van der Waals surface area (Å²) in [6, 6.07) is 6.24. The van der Waals surface area contributed by atoms with Crippen molar-refractivity contribution in [3.05, 3.63) is 29.5 Å². The Morgan fingerprint density at radius 2 is 2.09 bits per heavy atom. The molecule has 2 aromatic rings. The Morgan fingerprint density at radius 3 is 2.70 bits per heavy atom. The lowest BCUT2D eigenvalue weighted by atomic mass is 9.86. The molecule has 1 N–H and O–H groups in total. The fraction of sp³-hybridized carbons (Fsp3) is 0.438. The molecule has 1 aromatic heterocycles. The standard InChI is InChI=1S/C16H20BN3O2S/c1-2-23(21,22)20-5-3-11(4-6-20)15-10-19-16-12(9-18)7-13(17)8-14(15)16/h7-8,10-11,19H,2-6,17H2,1H3. The van der Waals surface area contributed by atoms with Crippen molar-refractivity contribution in [3.63, 3.8) is 0 Å². The molecular weight excluding hydrogens is 309 g/mol. The zero-order chi connectivity index (χ0) is 16.6. The van der Waals surface area contributed by atoms with E-state index in [4.69, 9.17) is 0 Å². The fourth-order valence-electron chi connectivity index (χ4n) is 3.45. The number of nitrogens with zero attached hydrogens (tertiary/aromatic N) is 2. The second kappa shape index (κ2) is 6.02. The van der Waals surface area contributed by atoms with Crippen LogP contribution in [0.25, 0.3) is 10.9 Å². The molecule has 0 spiro atoms. The highest BCUT2D eigenvalue weighted by atomic mass is 32.2. The van der Waals surface area contributed by atoms with Crippen molar-refractivity contribution >= 4 is 34.2 Å². The summed E-state index contributed by atoms with van der Waals surface area (Å²) < 4.78 is 25.5. The van der Waals surface area contributed by atoms with E-state index in [1.54, 1.807) is 11.2 Å². The minimum atomic E-state index is -3.09. The van der Waals surface area contributed by atoms with Gasteiger partial charge in [0.15, 0.2) is 0 Å². The second-order valence-electron chi connectivity index (χ2n) is 6.16. The third kappa shape index (κ3) is 2.89. The molecule has 0 radical (unpaired) electrons. The average molecular weight is 329 g/mol. The van der Waals surface area contributed by atoms with Gasteiger partial charge in [-0.15, -0.1) is 0 Å². The maximum Gasteiger partial charge on any atom is 0.213 e. The average Bonchev–Trinajstić information content (AvgIpc) is 2.97. The molecule has 1 aromatic carbocycles. The van der Waals surface area contributed by atoms with Crippen molar-refractivity contribution in [2.45, 2.75) is 25.7 Å². The van der Waals surface area contributed by atoms with Gasteiger partial charge in [-0.05, 0) is 37.3 Å². The first kappa shape index (κ1) is 16.1. The third-order valence-electron chi connectivity index (χ3n) is 4.74. The lowest BCUT2D eigenvalue weighted by Crippen LogP contribution is -2.38. The maximum absolute atomic E-state index is 12.0. The fourth-order valence-corrected chi connectivity index (χ4v) is 4.58. The van der Waals surface area contributed by atoms with Gasteiger partial charge in [0.25, 0.3) is 0 Å². The maximum atomic E-state index is 12.0. The molecule has 0 unspecified atom stereocenters. The number of hydrogen-bond donors (Lipinski definition) is 1. The summed E-state index contributed by atoms with van der Waals surface area (Å²) in [5.41, 5.74) is 3.82. The topological polar surface area (TPSA) is 77.0 Å². The van der Waals surface area contributed by atoms with Gasteiger partial charge in [0.1, 0.15) is 13.9 Å². The normalized spacial score (nSPS) is 17.4. The van der Waals surface area contributed by atoms with Crippen molar-refractivity contribution in [1.82, 2.24) is 9.29 Å². The van der Waals surface area contributed by atoms with Crippen molar-refractivity contribution < 1.29 is 8.42 Å². The van der Waals surface area contributed by atoms with Gasteiger partial charge in [-0.3, -0.25) is 0 Å². The number of aromatic nitrogens is 1. The van der Waals surface area contributed by atoms with Crippen LogP contribution in [0.2, 0.25) is 0 Å². The second-order valence-corrected chi connectivity index (χ2v) is 8.42. The zero-order valence-corrected chi connectivity index (χ0v) is 14.3. The highest BCUT2D eigenvalue weighted by Crippen LogP contribution is 2.34. The van der Waals surface area contributed by atoms with Crippen LogP contribution in [0, 0.1) is 11.3 Å².